The van der Waals surface area contributed by atoms with Gasteiger partial charge in [0.05, 0.1) is 18.6 Å². The molecule has 1 unspecified atom stereocenters. The third kappa shape index (κ3) is 5.13. The van der Waals surface area contributed by atoms with Gasteiger partial charge in [-0.25, -0.2) is 14.4 Å². The number of hydrogen-bond donors (Lipinski definition) is 1. The predicted octanol–water partition coefficient (Wildman–Crippen LogP) is 6.19. The molecule has 1 atom stereocenters. The molecule has 1 N–H and O–H groups in total. The zero-order chi connectivity index (χ0) is 30.4. The highest BCUT2D eigenvalue weighted by Crippen LogP contribution is 2.39. The summed E-state index contributed by atoms with van der Waals surface area (Å²) in [5, 5.41) is 5.08. The number of nitrogens with one attached hydrogen (secondary N) is 1. The summed E-state index contributed by atoms with van der Waals surface area (Å²) in [7, 11) is 0. The van der Waals surface area contributed by atoms with E-state index in [4.69, 9.17) is 0 Å². The van der Waals surface area contributed by atoms with Crippen LogP contribution in [-0.2, 0) is 30.7 Å². The number of anilines is 1. The van der Waals surface area contributed by atoms with Crippen molar-refractivity contribution in [3.05, 3.63) is 87.7 Å². The van der Waals surface area contributed by atoms with Gasteiger partial charge >= 0.3 is 0 Å². The number of rotatable bonds is 8. The zero-order valence-corrected chi connectivity index (χ0v) is 26.0. The Labute approximate surface area is 260 Å². The monoisotopic (exact) mass is 612 g/mol. The van der Waals surface area contributed by atoms with E-state index in [2.05, 4.69) is 52.2 Å². The van der Waals surface area contributed by atoms with E-state index < -0.39 is 17.8 Å². The largest absolute Gasteiger partial charge is 0.334 e. The molecule has 0 saturated carbocycles. The molecular weight excluding hydrogens is 575 g/mol. The second-order valence-corrected chi connectivity index (χ2v) is 12.9. The smallest absolute Gasteiger partial charge is 0.255 e. The van der Waals surface area contributed by atoms with Crippen LogP contribution in [0.25, 0.3) is 11.1 Å². The van der Waals surface area contributed by atoms with Gasteiger partial charge in [-0.15, -0.1) is 11.3 Å². The minimum Gasteiger partial charge on any atom is -0.334 e. The first kappa shape index (κ1) is 28.9. The quantitative estimate of drug-likeness (QED) is 0.257. The maximum Gasteiger partial charge on any atom is 0.255 e. The number of carbonyl (C=O) groups excluding carboxylic acids is 2. The molecule has 1 saturated heterocycles. The first-order valence-electron chi connectivity index (χ1n) is 15.7. The number of halogens is 1. The Bertz CT molecular complexity index is 1710. The maximum atomic E-state index is 15.8. The number of nitrogens with zero attached hydrogens (tertiary/aromatic N) is 5. The molecule has 44 heavy (non-hydrogen) atoms. The van der Waals surface area contributed by atoms with E-state index in [1.54, 1.807) is 24.0 Å². The number of fused-ring (bicyclic) bond motifs is 2. The van der Waals surface area contributed by atoms with E-state index in [-0.39, 0.29) is 12.5 Å². The van der Waals surface area contributed by atoms with Gasteiger partial charge in [0.2, 0.25) is 0 Å². The summed E-state index contributed by atoms with van der Waals surface area (Å²) in [5.41, 5.74) is 6.35. The predicted molar refractivity (Wildman–Crippen MR) is 169 cm³/mol. The topological polar surface area (TPSA) is 83.4 Å². The number of carbonyl (C=O) groups is 2. The summed E-state index contributed by atoms with van der Waals surface area (Å²) in [5.74, 6) is -0.667. The summed E-state index contributed by atoms with van der Waals surface area (Å²) >= 11 is 1.30. The summed E-state index contributed by atoms with van der Waals surface area (Å²) in [6, 6.07) is 8.76. The first-order chi connectivity index (χ1) is 21.4. The van der Waals surface area contributed by atoms with Crippen LogP contribution in [0.3, 0.4) is 0 Å². The number of piperidine rings is 1. The van der Waals surface area contributed by atoms with Gasteiger partial charge in [-0.1, -0.05) is 32.0 Å². The standard InChI is InChI=1S/C34H37FN6O2S/c1-3-21-16-23(7-8-25(21)22-9-13-39(4-2)14-10-22)24-17-26-27(28(35)18-24)19-41(33(26)43)31(32(42)38-34-36-11-15-44-34)30-29-6-5-12-40(29)20-37-30/h7-8,11,15-18,20,22,31H,3-6,9-10,12-14,19H2,1-2H3,(H,36,38,42). The van der Waals surface area contributed by atoms with Crippen molar-refractivity contribution in [1.29, 1.82) is 0 Å². The highest BCUT2D eigenvalue weighted by molar-refractivity contribution is 7.13. The maximum absolute atomic E-state index is 15.8. The molecule has 0 spiro atoms. The summed E-state index contributed by atoms with van der Waals surface area (Å²) < 4.78 is 17.9. The van der Waals surface area contributed by atoms with Crippen molar-refractivity contribution in [1.82, 2.24) is 24.3 Å². The van der Waals surface area contributed by atoms with Crippen molar-refractivity contribution < 1.29 is 14.0 Å². The number of amides is 2. The molecule has 228 valence electrons. The average Bonchev–Trinajstić information content (AvgIpc) is 3.85. The van der Waals surface area contributed by atoms with Gasteiger partial charge < -0.3 is 14.4 Å². The Hall–Kier alpha value is -3.89. The average molecular weight is 613 g/mol. The Morgan fingerprint density at radius 3 is 2.70 bits per heavy atom. The van der Waals surface area contributed by atoms with Crippen LogP contribution in [0.4, 0.5) is 9.52 Å². The van der Waals surface area contributed by atoms with Gasteiger partial charge in [-0.05, 0) is 92.0 Å². The zero-order valence-electron chi connectivity index (χ0n) is 25.2. The Balaban J connectivity index is 1.20. The molecule has 0 radical (unpaired) electrons. The lowest BCUT2D eigenvalue weighted by atomic mass is 9.84. The molecule has 5 heterocycles. The Kier molecular flexibility index (Phi) is 7.80. The lowest BCUT2D eigenvalue weighted by Crippen LogP contribution is -2.38. The minimum atomic E-state index is -0.999. The van der Waals surface area contributed by atoms with E-state index in [1.165, 1.54) is 33.4 Å². The molecular formula is C34H37FN6O2S. The summed E-state index contributed by atoms with van der Waals surface area (Å²) in [4.78, 5) is 40.5. The Morgan fingerprint density at radius 2 is 1.95 bits per heavy atom. The first-order valence-corrected chi connectivity index (χ1v) is 16.6. The van der Waals surface area contributed by atoms with Crippen molar-refractivity contribution in [3.8, 4) is 11.1 Å². The lowest BCUT2D eigenvalue weighted by Gasteiger charge is -2.32. The second-order valence-electron chi connectivity index (χ2n) is 12.0. The number of hydrogen-bond acceptors (Lipinski definition) is 6. The summed E-state index contributed by atoms with van der Waals surface area (Å²) in [6.45, 7) is 8.53. The molecule has 2 aromatic heterocycles. The number of benzene rings is 2. The molecule has 7 rings (SSSR count). The van der Waals surface area contributed by atoms with Crippen molar-refractivity contribution in [2.45, 2.75) is 71.0 Å². The molecule has 2 amide bonds. The molecule has 3 aliphatic rings. The van der Waals surface area contributed by atoms with Gasteiger partial charge in [0, 0.05) is 34.9 Å². The van der Waals surface area contributed by atoms with Gasteiger partial charge in [0.1, 0.15) is 5.82 Å². The van der Waals surface area contributed by atoms with Gasteiger partial charge in [0.25, 0.3) is 11.8 Å². The molecule has 1 fully saturated rings. The summed E-state index contributed by atoms with van der Waals surface area (Å²) in [6.07, 6.45) is 8.26. The van der Waals surface area contributed by atoms with Crippen LogP contribution in [0.1, 0.15) is 83.5 Å². The number of imidazole rings is 1. The SMILES string of the molecule is CCc1cc(-c2cc(F)c3c(c2)C(=O)N(C(C(=O)Nc2nccs2)c2ncn4c2CCC4)C3)ccc1C1CCN(CC)CC1. The van der Waals surface area contributed by atoms with Crippen LogP contribution in [0.15, 0.2) is 48.2 Å². The molecule has 0 bridgehead atoms. The van der Waals surface area contributed by atoms with Gasteiger partial charge in [0.15, 0.2) is 11.2 Å². The number of aromatic nitrogens is 3. The minimum absolute atomic E-state index is 0.00184. The van der Waals surface area contributed by atoms with Crippen LogP contribution in [0, 0.1) is 5.82 Å². The third-order valence-electron chi connectivity index (χ3n) is 9.62. The van der Waals surface area contributed by atoms with Crippen LogP contribution >= 0.6 is 11.3 Å². The van der Waals surface area contributed by atoms with Crippen LogP contribution in [0.5, 0.6) is 0 Å². The number of thiazole rings is 1. The number of likely N-dealkylation sites (tertiary alicyclic amines) is 1. The van der Waals surface area contributed by atoms with Crippen molar-refractivity contribution in [3.63, 3.8) is 0 Å². The Morgan fingerprint density at radius 1 is 1.11 bits per heavy atom. The molecule has 8 nitrogen and oxygen atoms in total. The molecule has 10 heteroatoms. The van der Waals surface area contributed by atoms with Crippen molar-refractivity contribution in [2.24, 2.45) is 0 Å². The van der Waals surface area contributed by atoms with E-state index in [0.29, 0.717) is 33.4 Å². The fraction of sp³-hybridized carbons (Fsp3) is 0.412. The van der Waals surface area contributed by atoms with E-state index in [1.807, 2.05) is 4.57 Å². The fourth-order valence-electron chi connectivity index (χ4n) is 7.22. The fourth-order valence-corrected chi connectivity index (χ4v) is 7.75. The van der Waals surface area contributed by atoms with Crippen LogP contribution in [0.2, 0.25) is 0 Å². The molecule has 0 aliphatic carbocycles. The molecule has 4 aromatic rings. The van der Waals surface area contributed by atoms with E-state index in [9.17, 15) is 9.59 Å². The normalized spacial score (nSPS) is 17.6. The number of aryl methyl sites for hydroxylation is 2. The lowest BCUT2D eigenvalue weighted by molar-refractivity contribution is -0.121. The highest BCUT2D eigenvalue weighted by Gasteiger charge is 2.42. The highest BCUT2D eigenvalue weighted by atomic mass is 32.1. The van der Waals surface area contributed by atoms with E-state index in [0.717, 1.165) is 69.5 Å². The molecule has 3 aliphatic heterocycles. The van der Waals surface area contributed by atoms with Crippen molar-refractivity contribution >= 4 is 28.3 Å². The molecule has 2 aromatic carbocycles. The van der Waals surface area contributed by atoms with Gasteiger partial charge in [-0.2, -0.15) is 0 Å². The van der Waals surface area contributed by atoms with Gasteiger partial charge in [-0.3, -0.25) is 14.9 Å². The van der Waals surface area contributed by atoms with Crippen LogP contribution < -0.4 is 5.32 Å². The third-order valence-corrected chi connectivity index (χ3v) is 10.3. The van der Waals surface area contributed by atoms with E-state index >= 15 is 4.39 Å². The second kappa shape index (κ2) is 11.9. The van der Waals surface area contributed by atoms with Crippen molar-refractivity contribution in [2.75, 3.05) is 25.0 Å². The van der Waals surface area contributed by atoms with Crippen LogP contribution in [-0.4, -0.2) is 55.8 Å².